The minimum absolute atomic E-state index is 0.0453. The van der Waals surface area contributed by atoms with Gasteiger partial charge in [-0.25, -0.2) is 0 Å². The number of halogens is 1. The van der Waals surface area contributed by atoms with Crippen LogP contribution < -0.4 is 4.74 Å². The van der Waals surface area contributed by atoms with Crippen molar-refractivity contribution in [3.8, 4) is 5.75 Å². The molecule has 5 heteroatoms. The SMILES string of the molecule is COc1ccc([N+](=O)[O-])cc1CCC(C)Cl. The molecule has 0 saturated heterocycles. The van der Waals surface area contributed by atoms with Crippen LogP contribution >= 0.6 is 11.6 Å². The maximum Gasteiger partial charge on any atom is 0.269 e. The highest BCUT2D eigenvalue weighted by atomic mass is 35.5. The molecule has 88 valence electrons. The van der Waals surface area contributed by atoms with Crippen LogP contribution in [0.2, 0.25) is 0 Å². The summed E-state index contributed by atoms with van der Waals surface area (Å²) in [5.41, 5.74) is 0.905. The van der Waals surface area contributed by atoms with Crippen molar-refractivity contribution < 1.29 is 9.66 Å². The number of alkyl halides is 1. The Kier molecular flexibility index (Phi) is 4.55. The molecular formula is C11H14ClNO3. The zero-order valence-electron chi connectivity index (χ0n) is 9.27. The Hall–Kier alpha value is -1.29. The van der Waals surface area contributed by atoms with Gasteiger partial charge in [0.25, 0.3) is 5.69 Å². The normalized spacial score (nSPS) is 12.2. The number of hydrogen-bond donors (Lipinski definition) is 0. The summed E-state index contributed by atoms with van der Waals surface area (Å²) in [6.07, 6.45) is 1.44. The van der Waals surface area contributed by atoms with Crippen LogP contribution in [0.25, 0.3) is 0 Å². The second-order valence-electron chi connectivity index (χ2n) is 3.57. The minimum atomic E-state index is -0.410. The van der Waals surface area contributed by atoms with Gasteiger partial charge in [-0.2, -0.15) is 0 Å². The number of nitro benzene ring substituents is 1. The molecule has 0 aliphatic heterocycles. The average Bonchev–Trinajstić information content (AvgIpc) is 2.25. The molecule has 0 aliphatic rings. The molecule has 1 rings (SSSR count). The van der Waals surface area contributed by atoms with E-state index < -0.39 is 4.92 Å². The summed E-state index contributed by atoms with van der Waals surface area (Å²) in [5, 5.41) is 10.7. The summed E-state index contributed by atoms with van der Waals surface area (Å²) in [6, 6.07) is 4.59. The molecule has 1 atom stereocenters. The van der Waals surface area contributed by atoms with Crippen LogP contribution in [-0.4, -0.2) is 17.4 Å². The maximum absolute atomic E-state index is 10.6. The molecule has 0 fully saturated rings. The van der Waals surface area contributed by atoms with Crippen molar-refractivity contribution in [1.82, 2.24) is 0 Å². The molecule has 1 unspecified atom stereocenters. The second kappa shape index (κ2) is 5.70. The van der Waals surface area contributed by atoms with Gasteiger partial charge in [-0.3, -0.25) is 10.1 Å². The molecule has 0 spiro atoms. The number of non-ortho nitro benzene ring substituents is 1. The lowest BCUT2D eigenvalue weighted by Crippen LogP contribution is -1.99. The van der Waals surface area contributed by atoms with Gasteiger partial charge in [0.15, 0.2) is 0 Å². The summed E-state index contributed by atoms with van der Waals surface area (Å²) in [4.78, 5) is 10.2. The van der Waals surface area contributed by atoms with Gasteiger partial charge in [-0.15, -0.1) is 11.6 Å². The number of ether oxygens (including phenoxy) is 1. The molecule has 0 bridgehead atoms. The van der Waals surface area contributed by atoms with E-state index in [4.69, 9.17) is 16.3 Å². The van der Waals surface area contributed by atoms with Crippen LogP contribution in [0, 0.1) is 10.1 Å². The predicted molar refractivity (Wildman–Crippen MR) is 63.3 cm³/mol. The maximum atomic E-state index is 10.6. The van der Waals surface area contributed by atoms with E-state index in [9.17, 15) is 10.1 Å². The van der Waals surface area contributed by atoms with Gasteiger partial charge in [0.05, 0.1) is 12.0 Å². The lowest BCUT2D eigenvalue weighted by atomic mass is 10.1. The Bertz CT molecular complexity index is 379. The number of benzene rings is 1. The van der Waals surface area contributed by atoms with Crippen molar-refractivity contribution in [2.75, 3.05) is 7.11 Å². The van der Waals surface area contributed by atoms with Crippen LogP contribution in [0.3, 0.4) is 0 Å². The lowest BCUT2D eigenvalue weighted by Gasteiger charge is -2.08. The zero-order chi connectivity index (χ0) is 12.1. The van der Waals surface area contributed by atoms with Gasteiger partial charge in [0.2, 0.25) is 0 Å². The van der Waals surface area contributed by atoms with E-state index in [1.807, 2.05) is 6.92 Å². The Balaban J connectivity index is 2.93. The number of nitro groups is 1. The minimum Gasteiger partial charge on any atom is -0.496 e. The van der Waals surface area contributed by atoms with Gasteiger partial charge in [-0.05, 0) is 25.8 Å². The molecule has 1 aromatic rings. The Morgan fingerprint density at radius 2 is 2.25 bits per heavy atom. The number of nitrogens with zero attached hydrogens (tertiary/aromatic N) is 1. The molecule has 0 N–H and O–H groups in total. The van der Waals surface area contributed by atoms with Crippen molar-refractivity contribution in [2.45, 2.75) is 25.1 Å². The number of aryl methyl sites for hydroxylation is 1. The fraction of sp³-hybridized carbons (Fsp3) is 0.455. The molecule has 0 saturated carbocycles. The summed E-state index contributed by atoms with van der Waals surface area (Å²) in [7, 11) is 1.55. The molecular weight excluding hydrogens is 230 g/mol. The van der Waals surface area contributed by atoms with E-state index in [2.05, 4.69) is 0 Å². The van der Waals surface area contributed by atoms with Crippen molar-refractivity contribution >= 4 is 17.3 Å². The first kappa shape index (κ1) is 12.8. The quantitative estimate of drug-likeness (QED) is 0.453. The lowest BCUT2D eigenvalue weighted by molar-refractivity contribution is -0.384. The van der Waals surface area contributed by atoms with Gasteiger partial charge in [-0.1, -0.05) is 0 Å². The predicted octanol–water partition coefficient (Wildman–Crippen LogP) is 3.16. The van der Waals surface area contributed by atoms with E-state index in [0.717, 1.165) is 12.0 Å². The topological polar surface area (TPSA) is 52.4 Å². The molecule has 0 aliphatic carbocycles. The van der Waals surface area contributed by atoms with Crippen LogP contribution in [0.5, 0.6) is 5.75 Å². The largest absolute Gasteiger partial charge is 0.496 e. The fourth-order valence-corrected chi connectivity index (χ4v) is 1.54. The van der Waals surface area contributed by atoms with Crippen LogP contribution in [0.15, 0.2) is 18.2 Å². The summed E-state index contributed by atoms with van der Waals surface area (Å²) >= 11 is 5.85. The third-order valence-electron chi connectivity index (χ3n) is 2.29. The highest BCUT2D eigenvalue weighted by Crippen LogP contribution is 2.25. The molecule has 0 aromatic heterocycles. The first-order valence-electron chi connectivity index (χ1n) is 5.00. The van der Waals surface area contributed by atoms with Gasteiger partial charge >= 0.3 is 0 Å². The number of rotatable bonds is 5. The van der Waals surface area contributed by atoms with Crippen molar-refractivity contribution in [3.05, 3.63) is 33.9 Å². The molecule has 0 radical (unpaired) electrons. The highest BCUT2D eigenvalue weighted by Gasteiger charge is 2.11. The molecule has 4 nitrogen and oxygen atoms in total. The molecule has 0 amide bonds. The van der Waals surface area contributed by atoms with Crippen LogP contribution in [0.4, 0.5) is 5.69 Å². The zero-order valence-corrected chi connectivity index (χ0v) is 10.0. The number of methoxy groups -OCH3 is 1. The van der Waals surface area contributed by atoms with E-state index in [1.165, 1.54) is 12.1 Å². The summed E-state index contributed by atoms with van der Waals surface area (Å²) in [6.45, 7) is 1.89. The summed E-state index contributed by atoms with van der Waals surface area (Å²) in [5.74, 6) is 0.669. The van der Waals surface area contributed by atoms with Crippen molar-refractivity contribution in [1.29, 1.82) is 0 Å². The van der Waals surface area contributed by atoms with E-state index in [-0.39, 0.29) is 11.1 Å². The Morgan fingerprint density at radius 1 is 1.56 bits per heavy atom. The monoisotopic (exact) mass is 243 g/mol. The standard InChI is InChI=1S/C11H14ClNO3/c1-8(12)3-4-9-7-10(13(14)15)5-6-11(9)16-2/h5-8H,3-4H2,1-2H3. The van der Waals surface area contributed by atoms with Crippen LogP contribution in [-0.2, 0) is 6.42 Å². The Morgan fingerprint density at radius 3 is 2.75 bits per heavy atom. The van der Waals surface area contributed by atoms with Crippen molar-refractivity contribution in [3.63, 3.8) is 0 Å². The fourth-order valence-electron chi connectivity index (χ4n) is 1.43. The second-order valence-corrected chi connectivity index (χ2v) is 4.32. The number of hydrogen-bond acceptors (Lipinski definition) is 3. The highest BCUT2D eigenvalue weighted by molar-refractivity contribution is 6.20. The molecule has 1 aromatic carbocycles. The molecule has 0 heterocycles. The van der Waals surface area contributed by atoms with E-state index >= 15 is 0 Å². The third-order valence-corrected chi connectivity index (χ3v) is 2.50. The first-order valence-corrected chi connectivity index (χ1v) is 5.43. The Labute approximate surface area is 99.3 Å². The van der Waals surface area contributed by atoms with Crippen LogP contribution in [0.1, 0.15) is 18.9 Å². The smallest absolute Gasteiger partial charge is 0.269 e. The average molecular weight is 244 g/mol. The third kappa shape index (κ3) is 3.38. The summed E-state index contributed by atoms with van der Waals surface area (Å²) < 4.78 is 5.15. The van der Waals surface area contributed by atoms with E-state index in [0.29, 0.717) is 12.2 Å². The van der Waals surface area contributed by atoms with Gasteiger partial charge < -0.3 is 4.74 Å². The molecule has 16 heavy (non-hydrogen) atoms. The van der Waals surface area contributed by atoms with E-state index in [1.54, 1.807) is 13.2 Å². The van der Waals surface area contributed by atoms with Gasteiger partial charge in [0.1, 0.15) is 5.75 Å². The van der Waals surface area contributed by atoms with Crippen molar-refractivity contribution in [2.24, 2.45) is 0 Å². The first-order chi connectivity index (χ1) is 7.54. The van der Waals surface area contributed by atoms with Gasteiger partial charge in [0, 0.05) is 23.1 Å².